The summed E-state index contributed by atoms with van der Waals surface area (Å²) >= 11 is 3.40. The maximum atomic E-state index is 13.5. The SMILES string of the molecule is CCC(Nc1ccc(F)c(C(N)=O)c1)c1ccc(Br)cc1. The molecule has 1 amide bonds. The van der Waals surface area contributed by atoms with E-state index in [1.54, 1.807) is 6.07 Å². The van der Waals surface area contributed by atoms with Gasteiger partial charge in [-0.2, -0.15) is 0 Å². The molecule has 0 saturated carbocycles. The summed E-state index contributed by atoms with van der Waals surface area (Å²) in [6, 6.07) is 12.3. The van der Waals surface area contributed by atoms with E-state index in [-0.39, 0.29) is 11.6 Å². The number of carbonyl (C=O) groups excluding carboxylic acids is 1. The summed E-state index contributed by atoms with van der Waals surface area (Å²) in [5, 5.41) is 3.30. The van der Waals surface area contributed by atoms with Gasteiger partial charge in [0.2, 0.25) is 0 Å². The molecule has 0 saturated heterocycles. The molecule has 5 heteroatoms. The van der Waals surface area contributed by atoms with E-state index in [2.05, 4.69) is 28.2 Å². The molecular formula is C16H16BrFN2O. The number of hydrogen-bond acceptors (Lipinski definition) is 2. The van der Waals surface area contributed by atoms with E-state index in [9.17, 15) is 9.18 Å². The average molecular weight is 351 g/mol. The van der Waals surface area contributed by atoms with Crippen LogP contribution in [-0.2, 0) is 0 Å². The summed E-state index contributed by atoms with van der Waals surface area (Å²) < 4.78 is 14.5. The summed E-state index contributed by atoms with van der Waals surface area (Å²) in [4.78, 5) is 11.2. The lowest BCUT2D eigenvalue weighted by atomic mass is 10.0. The Labute approximate surface area is 131 Å². The minimum Gasteiger partial charge on any atom is -0.378 e. The van der Waals surface area contributed by atoms with Crippen molar-refractivity contribution in [3.05, 3.63) is 63.9 Å². The van der Waals surface area contributed by atoms with Crippen LogP contribution in [0.15, 0.2) is 46.9 Å². The van der Waals surface area contributed by atoms with Gasteiger partial charge in [-0.3, -0.25) is 4.79 Å². The van der Waals surface area contributed by atoms with Crippen molar-refractivity contribution >= 4 is 27.5 Å². The number of amides is 1. The Kier molecular flexibility index (Phi) is 4.96. The molecule has 2 aromatic rings. The Morgan fingerprint density at radius 2 is 1.95 bits per heavy atom. The maximum absolute atomic E-state index is 13.5. The van der Waals surface area contributed by atoms with Gasteiger partial charge < -0.3 is 11.1 Å². The topological polar surface area (TPSA) is 55.1 Å². The van der Waals surface area contributed by atoms with Crippen LogP contribution in [0.5, 0.6) is 0 Å². The molecule has 0 aliphatic rings. The Morgan fingerprint density at radius 3 is 2.52 bits per heavy atom. The van der Waals surface area contributed by atoms with E-state index in [0.717, 1.165) is 16.5 Å². The van der Waals surface area contributed by atoms with Gasteiger partial charge >= 0.3 is 0 Å². The van der Waals surface area contributed by atoms with Crippen LogP contribution in [0.3, 0.4) is 0 Å². The van der Waals surface area contributed by atoms with Gasteiger partial charge in [-0.25, -0.2) is 4.39 Å². The second-order valence-corrected chi connectivity index (χ2v) is 5.63. The number of nitrogens with two attached hydrogens (primary N) is 1. The second-order valence-electron chi connectivity index (χ2n) is 4.72. The lowest BCUT2D eigenvalue weighted by molar-refractivity contribution is 0.0996. The minimum atomic E-state index is -0.771. The van der Waals surface area contributed by atoms with Crippen LogP contribution in [-0.4, -0.2) is 5.91 Å². The molecule has 110 valence electrons. The number of primary amides is 1. The zero-order valence-corrected chi connectivity index (χ0v) is 13.2. The molecule has 1 atom stereocenters. The highest BCUT2D eigenvalue weighted by molar-refractivity contribution is 9.10. The molecular weight excluding hydrogens is 335 g/mol. The van der Waals surface area contributed by atoms with Gasteiger partial charge in [0.25, 0.3) is 5.91 Å². The number of rotatable bonds is 5. The molecule has 21 heavy (non-hydrogen) atoms. The number of benzene rings is 2. The van der Waals surface area contributed by atoms with Crippen molar-refractivity contribution in [2.75, 3.05) is 5.32 Å². The van der Waals surface area contributed by atoms with Gasteiger partial charge in [0, 0.05) is 10.2 Å². The zero-order valence-electron chi connectivity index (χ0n) is 11.6. The molecule has 0 heterocycles. The standard InChI is InChI=1S/C16H16BrFN2O/c1-2-15(10-3-5-11(17)6-4-10)20-12-7-8-14(18)13(9-12)16(19)21/h3-9,15,20H,2H2,1H3,(H2,19,21). The van der Waals surface area contributed by atoms with Crippen molar-refractivity contribution in [1.82, 2.24) is 0 Å². The van der Waals surface area contributed by atoms with Crippen molar-refractivity contribution in [2.24, 2.45) is 5.73 Å². The predicted octanol–water partition coefficient (Wildman–Crippen LogP) is 4.25. The molecule has 3 N–H and O–H groups in total. The molecule has 0 bridgehead atoms. The molecule has 0 aromatic heterocycles. The lowest BCUT2D eigenvalue weighted by Gasteiger charge is -2.19. The van der Waals surface area contributed by atoms with E-state index < -0.39 is 11.7 Å². The van der Waals surface area contributed by atoms with Crippen LogP contribution in [0, 0.1) is 5.82 Å². The van der Waals surface area contributed by atoms with Crippen molar-refractivity contribution in [2.45, 2.75) is 19.4 Å². The fraction of sp³-hybridized carbons (Fsp3) is 0.188. The van der Waals surface area contributed by atoms with E-state index in [1.165, 1.54) is 12.1 Å². The van der Waals surface area contributed by atoms with Gasteiger partial charge in [-0.05, 0) is 42.3 Å². The molecule has 0 radical (unpaired) electrons. The fourth-order valence-corrected chi connectivity index (χ4v) is 2.39. The Morgan fingerprint density at radius 1 is 1.29 bits per heavy atom. The Balaban J connectivity index is 2.24. The Hall–Kier alpha value is -1.88. The Bertz CT molecular complexity index is 643. The number of anilines is 1. The van der Waals surface area contributed by atoms with E-state index in [1.807, 2.05) is 24.3 Å². The van der Waals surface area contributed by atoms with Crippen LogP contribution >= 0.6 is 15.9 Å². The van der Waals surface area contributed by atoms with Crippen LogP contribution in [0.4, 0.5) is 10.1 Å². The number of halogens is 2. The third-order valence-corrected chi connectivity index (χ3v) is 3.78. The highest BCUT2D eigenvalue weighted by atomic mass is 79.9. The summed E-state index contributed by atoms with van der Waals surface area (Å²) in [5.41, 5.74) is 6.84. The molecule has 0 aliphatic heterocycles. The van der Waals surface area contributed by atoms with Crippen LogP contribution in [0.1, 0.15) is 35.3 Å². The molecule has 2 aromatic carbocycles. The van der Waals surface area contributed by atoms with Gasteiger partial charge in [0.15, 0.2) is 0 Å². The second kappa shape index (κ2) is 6.72. The molecule has 0 aliphatic carbocycles. The molecule has 1 unspecified atom stereocenters. The number of nitrogens with one attached hydrogen (secondary N) is 1. The summed E-state index contributed by atoms with van der Waals surface area (Å²) in [7, 11) is 0. The van der Waals surface area contributed by atoms with Crippen molar-refractivity contribution in [3.8, 4) is 0 Å². The zero-order chi connectivity index (χ0) is 15.4. The fourth-order valence-electron chi connectivity index (χ4n) is 2.12. The molecule has 2 rings (SSSR count). The number of hydrogen-bond donors (Lipinski definition) is 2. The van der Waals surface area contributed by atoms with E-state index >= 15 is 0 Å². The normalized spacial score (nSPS) is 12.0. The summed E-state index contributed by atoms with van der Waals surface area (Å²) in [6.07, 6.45) is 0.852. The first-order valence-electron chi connectivity index (χ1n) is 6.62. The lowest BCUT2D eigenvalue weighted by Crippen LogP contribution is -2.15. The van der Waals surface area contributed by atoms with Crippen molar-refractivity contribution in [1.29, 1.82) is 0 Å². The van der Waals surface area contributed by atoms with Gasteiger partial charge in [-0.15, -0.1) is 0 Å². The van der Waals surface area contributed by atoms with Gasteiger partial charge in [0.1, 0.15) is 5.82 Å². The highest BCUT2D eigenvalue weighted by Gasteiger charge is 2.12. The van der Waals surface area contributed by atoms with E-state index in [0.29, 0.717) is 5.69 Å². The summed E-state index contributed by atoms with van der Waals surface area (Å²) in [6.45, 7) is 2.05. The van der Waals surface area contributed by atoms with Gasteiger partial charge in [0.05, 0.1) is 11.6 Å². The molecule has 3 nitrogen and oxygen atoms in total. The van der Waals surface area contributed by atoms with E-state index in [4.69, 9.17) is 5.73 Å². The third-order valence-electron chi connectivity index (χ3n) is 3.25. The van der Waals surface area contributed by atoms with Gasteiger partial charge in [-0.1, -0.05) is 35.0 Å². The minimum absolute atomic E-state index is 0.0734. The first-order valence-corrected chi connectivity index (χ1v) is 7.42. The summed E-state index contributed by atoms with van der Waals surface area (Å²) in [5.74, 6) is -1.38. The first-order chi connectivity index (χ1) is 10.0. The maximum Gasteiger partial charge on any atom is 0.251 e. The largest absolute Gasteiger partial charge is 0.378 e. The molecule has 0 spiro atoms. The number of carbonyl (C=O) groups is 1. The van der Waals surface area contributed by atoms with Crippen molar-refractivity contribution < 1.29 is 9.18 Å². The monoisotopic (exact) mass is 350 g/mol. The predicted molar refractivity (Wildman–Crippen MR) is 85.7 cm³/mol. The van der Waals surface area contributed by atoms with Crippen LogP contribution in [0.2, 0.25) is 0 Å². The highest BCUT2D eigenvalue weighted by Crippen LogP contribution is 2.25. The van der Waals surface area contributed by atoms with Crippen molar-refractivity contribution in [3.63, 3.8) is 0 Å². The smallest absolute Gasteiger partial charge is 0.251 e. The molecule has 0 fully saturated rings. The van der Waals surface area contributed by atoms with Crippen LogP contribution in [0.25, 0.3) is 0 Å². The first kappa shape index (κ1) is 15.5. The quantitative estimate of drug-likeness (QED) is 0.846. The average Bonchev–Trinajstić information content (AvgIpc) is 2.47. The third kappa shape index (κ3) is 3.82. The van der Waals surface area contributed by atoms with Crippen LogP contribution < -0.4 is 11.1 Å².